The van der Waals surface area contributed by atoms with Gasteiger partial charge in [0.25, 0.3) is 0 Å². The normalized spacial score (nSPS) is 16.2. The molecule has 1 fully saturated rings. The molecule has 1 N–H and O–H groups in total. The molecule has 1 aliphatic rings. The fourth-order valence-corrected chi connectivity index (χ4v) is 4.08. The number of benzene rings is 2. The van der Waals surface area contributed by atoms with E-state index in [0.717, 1.165) is 59.9 Å². The first-order chi connectivity index (χ1) is 15.9. The largest absolute Gasteiger partial charge is 0.390 e. The molecular formula is C29H29ClN2O. The van der Waals surface area contributed by atoms with E-state index < -0.39 is 5.60 Å². The highest BCUT2D eigenvalue weighted by atomic mass is 35.5. The predicted molar refractivity (Wildman–Crippen MR) is 137 cm³/mol. The van der Waals surface area contributed by atoms with Crippen LogP contribution in [-0.2, 0) is 0 Å². The van der Waals surface area contributed by atoms with Crippen molar-refractivity contribution in [2.75, 3.05) is 19.6 Å². The van der Waals surface area contributed by atoms with Gasteiger partial charge in [-0.1, -0.05) is 59.5 Å². The molecule has 0 aliphatic carbocycles. The average Bonchev–Trinajstić information content (AvgIpc) is 2.81. The fourth-order valence-electron chi connectivity index (χ4n) is 3.96. The molecule has 2 aromatic carbocycles. The van der Waals surface area contributed by atoms with Crippen LogP contribution < -0.4 is 0 Å². The second-order valence-corrected chi connectivity index (χ2v) is 9.51. The first-order valence-electron chi connectivity index (χ1n) is 11.3. The van der Waals surface area contributed by atoms with Crippen LogP contribution in [0.25, 0.3) is 17.2 Å². The van der Waals surface area contributed by atoms with Gasteiger partial charge in [0.1, 0.15) is 5.69 Å². The van der Waals surface area contributed by atoms with E-state index in [-0.39, 0.29) is 0 Å². The average molecular weight is 457 g/mol. The molecule has 1 saturated heterocycles. The van der Waals surface area contributed by atoms with Crippen LogP contribution in [0.1, 0.15) is 43.5 Å². The van der Waals surface area contributed by atoms with Crippen LogP contribution in [0.15, 0.2) is 72.4 Å². The van der Waals surface area contributed by atoms with E-state index in [4.69, 9.17) is 11.6 Å². The van der Waals surface area contributed by atoms with E-state index in [1.54, 1.807) is 0 Å². The summed E-state index contributed by atoms with van der Waals surface area (Å²) in [6, 6.07) is 20.0. The van der Waals surface area contributed by atoms with E-state index in [1.165, 1.54) is 11.1 Å². The van der Waals surface area contributed by atoms with E-state index in [0.29, 0.717) is 0 Å². The Morgan fingerprint density at radius 3 is 2.30 bits per heavy atom. The summed E-state index contributed by atoms with van der Waals surface area (Å²) >= 11 is 5.96. The number of rotatable bonds is 4. The standard InChI is InChI=1S/C29H29ClN2O/c1-22(21-32-17-15-29(2,33)16-18-32)19-24-5-3-23(4-6-24)7-13-28-14-10-26(20-31-28)25-8-11-27(30)12-9-25/h3-6,8-12,14,19-20,33H,15-18,21H2,1-2H3/b22-19+. The summed E-state index contributed by atoms with van der Waals surface area (Å²) < 4.78 is 0. The van der Waals surface area contributed by atoms with Gasteiger partial charge in [-0.15, -0.1) is 0 Å². The number of pyridine rings is 1. The highest BCUT2D eigenvalue weighted by Crippen LogP contribution is 2.22. The molecular weight excluding hydrogens is 428 g/mol. The lowest BCUT2D eigenvalue weighted by Crippen LogP contribution is -2.42. The highest BCUT2D eigenvalue weighted by Gasteiger charge is 2.26. The molecule has 4 heteroatoms. The number of piperidine rings is 1. The number of aromatic nitrogens is 1. The molecule has 3 aromatic rings. The molecule has 0 spiro atoms. The Bertz CT molecular complexity index is 1160. The van der Waals surface area contributed by atoms with Crippen molar-refractivity contribution in [1.29, 1.82) is 0 Å². The van der Waals surface area contributed by atoms with Gasteiger partial charge in [0.15, 0.2) is 0 Å². The SMILES string of the molecule is C/C(=C\c1ccc(C#Cc2ccc(-c3ccc(Cl)cc3)cn2)cc1)CN1CCC(C)(O)CC1. The van der Waals surface area contributed by atoms with Crippen LogP contribution in [0, 0.1) is 11.8 Å². The molecule has 2 heterocycles. The molecule has 1 aliphatic heterocycles. The molecule has 0 radical (unpaired) electrons. The van der Waals surface area contributed by atoms with Crippen molar-refractivity contribution in [3.05, 3.63) is 94.3 Å². The Balaban J connectivity index is 1.35. The van der Waals surface area contributed by atoms with Crippen LogP contribution in [0.4, 0.5) is 0 Å². The minimum Gasteiger partial charge on any atom is -0.390 e. The molecule has 0 amide bonds. The third-order valence-electron chi connectivity index (χ3n) is 6.01. The van der Waals surface area contributed by atoms with Crippen molar-refractivity contribution < 1.29 is 5.11 Å². The third-order valence-corrected chi connectivity index (χ3v) is 6.26. The first-order valence-corrected chi connectivity index (χ1v) is 11.7. The molecule has 168 valence electrons. The fraction of sp³-hybridized carbons (Fsp3) is 0.276. The quantitative estimate of drug-likeness (QED) is 0.485. The molecule has 1 aromatic heterocycles. The summed E-state index contributed by atoms with van der Waals surface area (Å²) in [7, 11) is 0. The maximum absolute atomic E-state index is 10.1. The lowest BCUT2D eigenvalue weighted by atomic mass is 9.93. The van der Waals surface area contributed by atoms with Crippen LogP contribution in [0.5, 0.6) is 0 Å². The van der Waals surface area contributed by atoms with Crippen molar-refractivity contribution in [3.63, 3.8) is 0 Å². The van der Waals surface area contributed by atoms with Crippen molar-refractivity contribution in [2.24, 2.45) is 0 Å². The lowest BCUT2D eigenvalue weighted by molar-refractivity contribution is -0.00297. The summed E-state index contributed by atoms with van der Waals surface area (Å²) in [5.74, 6) is 6.34. The number of nitrogens with zero attached hydrogens (tertiary/aromatic N) is 2. The molecule has 33 heavy (non-hydrogen) atoms. The van der Waals surface area contributed by atoms with Crippen molar-refractivity contribution in [1.82, 2.24) is 9.88 Å². The summed E-state index contributed by atoms with van der Waals surface area (Å²) in [5.41, 5.74) is 5.82. The Kier molecular flexibility index (Phi) is 7.30. The van der Waals surface area contributed by atoms with Gasteiger partial charge in [-0.25, -0.2) is 4.98 Å². The smallest absolute Gasteiger partial charge is 0.113 e. The van der Waals surface area contributed by atoms with E-state index in [1.807, 2.05) is 61.7 Å². The molecule has 4 rings (SSSR count). The number of likely N-dealkylation sites (tertiary alicyclic amines) is 1. The number of hydrogen-bond acceptors (Lipinski definition) is 3. The first kappa shape index (κ1) is 23.3. The minimum atomic E-state index is -0.501. The van der Waals surface area contributed by atoms with E-state index >= 15 is 0 Å². The Morgan fingerprint density at radius 1 is 1.00 bits per heavy atom. The topological polar surface area (TPSA) is 36.4 Å². The molecule has 3 nitrogen and oxygen atoms in total. The van der Waals surface area contributed by atoms with Gasteiger partial charge in [0, 0.05) is 42.0 Å². The summed E-state index contributed by atoms with van der Waals surface area (Å²) in [5, 5.41) is 10.8. The summed E-state index contributed by atoms with van der Waals surface area (Å²) in [4.78, 5) is 6.89. The van der Waals surface area contributed by atoms with Gasteiger partial charge in [-0.3, -0.25) is 4.90 Å². The zero-order chi connectivity index (χ0) is 23.3. The van der Waals surface area contributed by atoms with Crippen LogP contribution >= 0.6 is 11.6 Å². The molecule has 0 atom stereocenters. The molecule has 0 saturated carbocycles. The zero-order valence-electron chi connectivity index (χ0n) is 19.2. The van der Waals surface area contributed by atoms with Crippen LogP contribution in [-0.4, -0.2) is 40.2 Å². The zero-order valence-corrected chi connectivity index (χ0v) is 19.9. The van der Waals surface area contributed by atoms with Gasteiger partial charge in [0.2, 0.25) is 0 Å². The number of hydrogen-bond donors (Lipinski definition) is 1. The van der Waals surface area contributed by atoms with Crippen molar-refractivity contribution in [3.8, 4) is 23.0 Å². The monoisotopic (exact) mass is 456 g/mol. The van der Waals surface area contributed by atoms with Crippen molar-refractivity contribution >= 4 is 17.7 Å². The maximum Gasteiger partial charge on any atom is 0.113 e. The predicted octanol–water partition coefficient (Wildman–Crippen LogP) is 6.05. The highest BCUT2D eigenvalue weighted by molar-refractivity contribution is 6.30. The van der Waals surface area contributed by atoms with E-state index in [9.17, 15) is 5.11 Å². The van der Waals surface area contributed by atoms with Gasteiger partial charge in [-0.2, -0.15) is 0 Å². The van der Waals surface area contributed by atoms with E-state index in [2.05, 4.69) is 46.9 Å². The third kappa shape index (κ3) is 6.79. The maximum atomic E-state index is 10.1. The number of aliphatic hydroxyl groups is 1. The number of halogens is 1. The van der Waals surface area contributed by atoms with Crippen LogP contribution in [0.2, 0.25) is 5.02 Å². The Hall–Kier alpha value is -2.90. The minimum absolute atomic E-state index is 0.501. The Morgan fingerprint density at radius 2 is 1.67 bits per heavy atom. The summed E-state index contributed by atoms with van der Waals surface area (Å²) in [6.07, 6.45) is 5.74. The molecule has 0 bridgehead atoms. The van der Waals surface area contributed by atoms with Gasteiger partial charge in [0.05, 0.1) is 5.60 Å². The molecule has 0 unspecified atom stereocenters. The summed E-state index contributed by atoms with van der Waals surface area (Å²) in [6.45, 7) is 6.93. The van der Waals surface area contributed by atoms with Gasteiger partial charge < -0.3 is 5.11 Å². The van der Waals surface area contributed by atoms with Crippen molar-refractivity contribution in [2.45, 2.75) is 32.3 Å². The Labute approximate surface area is 201 Å². The van der Waals surface area contributed by atoms with Gasteiger partial charge >= 0.3 is 0 Å². The van der Waals surface area contributed by atoms with Gasteiger partial charge in [-0.05, 0) is 74.1 Å². The second kappa shape index (κ2) is 10.4. The van der Waals surface area contributed by atoms with Crippen LogP contribution in [0.3, 0.4) is 0 Å². The lowest BCUT2D eigenvalue weighted by Gasteiger charge is -2.35. The second-order valence-electron chi connectivity index (χ2n) is 9.07.